The van der Waals surface area contributed by atoms with Crippen LogP contribution in [0.5, 0.6) is 0 Å². The molecule has 0 aromatic heterocycles. The molecule has 1 aromatic rings. The summed E-state index contributed by atoms with van der Waals surface area (Å²) in [5, 5.41) is 0.981. The lowest BCUT2D eigenvalue weighted by Crippen LogP contribution is -2.26. The molecule has 0 unspecified atom stereocenters. The molecule has 3 heteroatoms. The largest absolute Gasteiger partial charge is 0.495 e. The molecule has 118 valence electrons. The maximum absolute atomic E-state index is 6.31. The van der Waals surface area contributed by atoms with Crippen LogP contribution >= 0.6 is 0 Å². The topological polar surface area (TPSA) is 18.5 Å². The van der Waals surface area contributed by atoms with Gasteiger partial charge in [-0.15, -0.1) is 0 Å². The van der Waals surface area contributed by atoms with E-state index in [-0.39, 0.29) is 11.2 Å². The van der Waals surface area contributed by atoms with Gasteiger partial charge in [0.15, 0.2) is 5.76 Å². The summed E-state index contributed by atoms with van der Waals surface area (Å²) in [5.74, 6) is 0.899. The molecule has 0 bridgehead atoms. The van der Waals surface area contributed by atoms with E-state index >= 15 is 0 Å². The fraction of sp³-hybridized carbons (Fsp3) is 0.556. The molecule has 0 aliphatic heterocycles. The van der Waals surface area contributed by atoms with Crippen molar-refractivity contribution in [1.29, 1.82) is 0 Å². The minimum Gasteiger partial charge on any atom is -0.495 e. The van der Waals surface area contributed by atoms with Crippen LogP contribution in [0.15, 0.2) is 35.7 Å². The molecule has 0 saturated heterocycles. The van der Waals surface area contributed by atoms with Crippen molar-refractivity contribution in [3.8, 4) is 0 Å². The molecule has 1 rings (SSSR count). The summed E-state index contributed by atoms with van der Waals surface area (Å²) in [5.41, 5.74) is 0.744. The minimum atomic E-state index is -0.194. The molecule has 0 atom stereocenters. The normalized spacial score (nSPS) is 13.8. The first-order chi connectivity index (χ1) is 9.71. The standard InChI is InChI=1S/C18H30O2Si/c1-7-17(3,4)19-15(14-12-10-9-11-13-14)16(21)20-18(5,6)8-2/h9-13H,7-8H2,1-6,21H3. The van der Waals surface area contributed by atoms with Gasteiger partial charge in [-0.25, -0.2) is 0 Å². The maximum atomic E-state index is 6.31. The van der Waals surface area contributed by atoms with Crippen molar-refractivity contribution >= 4 is 16.0 Å². The third kappa shape index (κ3) is 5.58. The van der Waals surface area contributed by atoms with Gasteiger partial charge in [-0.1, -0.05) is 44.2 Å². The lowest BCUT2D eigenvalue weighted by Gasteiger charge is -2.31. The summed E-state index contributed by atoms with van der Waals surface area (Å²) in [7, 11) is 0.821. The van der Waals surface area contributed by atoms with E-state index in [0.29, 0.717) is 0 Å². The predicted octanol–water partition coefficient (Wildman–Crippen LogP) is 4.09. The second-order valence-electron chi connectivity index (χ2n) is 6.68. The van der Waals surface area contributed by atoms with Gasteiger partial charge in [-0.3, -0.25) is 0 Å². The number of hydrogen-bond donors (Lipinski definition) is 0. The second-order valence-corrected chi connectivity index (χ2v) is 7.59. The van der Waals surface area contributed by atoms with Crippen LogP contribution in [-0.4, -0.2) is 21.4 Å². The Labute approximate surface area is 133 Å². The highest BCUT2D eigenvalue weighted by Gasteiger charge is 2.24. The van der Waals surface area contributed by atoms with Gasteiger partial charge < -0.3 is 9.47 Å². The highest BCUT2D eigenvalue weighted by molar-refractivity contribution is 6.23. The molecule has 0 amide bonds. The van der Waals surface area contributed by atoms with E-state index in [9.17, 15) is 0 Å². The number of rotatable bonds is 7. The number of hydrogen-bond acceptors (Lipinski definition) is 2. The van der Waals surface area contributed by atoms with Crippen LogP contribution in [0.25, 0.3) is 5.76 Å². The first kappa shape index (κ1) is 17.8. The first-order valence-corrected chi connectivity index (χ1v) is 8.85. The van der Waals surface area contributed by atoms with Crippen molar-refractivity contribution in [2.45, 2.75) is 65.6 Å². The Morgan fingerprint density at radius 2 is 1.38 bits per heavy atom. The van der Waals surface area contributed by atoms with Crippen LogP contribution in [-0.2, 0) is 9.47 Å². The van der Waals surface area contributed by atoms with E-state index in [4.69, 9.17) is 9.47 Å². The van der Waals surface area contributed by atoms with Crippen molar-refractivity contribution < 1.29 is 9.47 Å². The van der Waals surface area contributed by atoms with Gasteiger partial charge in [0.05, 0.1) is 10.2 Å². The summed E-state index contributed by atoms with van der Waals surface area (Å²) >= 11 is 0. The maximum Gasteiger partial charge on any atom is 0.158 e. The summed E-state index contributed by atoms with van der Waals surface area (Å²) in [6, 6.07) is 10.3. The lowest BCUT2D eigenvalue weighted by molar-refractivity contribution is 0.0281. The number of benzene rings is 1. The zero-order valence-electron chi connectivity index (χ0n) is 14.6. The third-order valence-corrected chi connectivity index (χ3v) is 4.52. The Balaban J connectivity index is 3.18. The van der Waals surface area contributed by atoms with Gasteiger partial charge in [-0.2, -0.15) is 0 Å². The van der Waals surface area contributed by atoms with Gasteiger partial charge in [0.25, 0.3) is 0 Å². The zero-order chi connectivity index (χ0) is 16.1. The SMILES string of the molecule is CCC(C)(C)OC([SiH3])=C(OC(C)(C)CC)c1ccccc1. The molecule has 0 N–H and O–H groups in total. The van der Waals surface area contributed by atoms with Crippen LogP contribution in [0, 0.1) is 0 Å². The Morgan fingerprint density at radius 1 is 0.905 bits per heavy atom. The lowest BCUT2D eigenvalue weighted by atomic mass is 10.1. The van der Waals surface area contributed by atoms with Gasteiger partial charge in [-0.05, 0) is 40.5 Å². The molecule has 0 radical (unpaired) electrons. The average Bonchev–Trinajstić information content (AvgIpc) is 2.45. The van der Waals surface area contributed by atoms with Crippen LogP contribution in [0.4, 0.5) is 0 Å². The van der Waals surface area contributed by atoms with Crippen LogP contribution in [0.3, 0.4) is 0 Å². The molecule has 0 saturated carbocycles. The van der Waals surface area contributed by atoms with E-state index in [1.54, 1.807) is 0 Å². The van der Waals surface area contributed by atoms with Crippen LogP contribution in [0.1, 0.15) is 59.9 Å². The summed E-state index contributed by atoms with van der Waals surface area (Å²) in [4.78, 5) is 0. The Hall–Kier alpha value is -1.22. The van der Waals surface area contributed by atoms with Crippen LogP contribution < -0.4 is 0 Å². The summed E-state index contributed by atoms with van der Waals surface area (Å²) in [6.45, 7) is 12.8. The van der Waals surface area contributed by atoms with E-state index < -0.39 is 0 Å². The summed E-state index contributed by atoms with van der Waals surface area (Å²) < 4.78 is 12.5. The van der Waals surface area contributed by atoms with Crippen molar-refractivity contribution in [2.24, 2.45) is 0 Å². The van der Waals surface area contributed by atoms with E-state index in [2.05, 4.69) is 53.7 Å². The molecule has 21 heavy (non-hydrogen) atoms. The Bertz CT molecular complexity index is 475. The van der Waals surface area contributed by atoms with Gasteiger partial charge in [0.1, 0.15) is 16.6 Å². The van der Waals surface area contributed by atoms with E-state index in [1.807, 2.05) is 18.2 Å². The molecule has 0 spiro atoms. The smallest absolute Gasteiger partial charge is 0.158 e. The highest BCUT2D eigenvalue weighted by atomic mass is 28.1. The van der Waals surface area contributed by atoms with Crippen molar-refractivity contribution in [3.63, 3.8) is 0 Å². The monoisotopic (exact) mass is 306 g/mol. The number of ether oxygens (including phenoxy) is 2. The van der Waals surface area contributed by atoms with Crippen LogP contribution in [0.2, 0.25) is 0 Å². The highest BCUT2D eigenvalue weighted by Crippen LogP contribution is 2.29. The summed E-state index contributed by atoms with van der Waals surface area (Å²) in [6.07, 6.45) is 1.92. The zero-order valence-corrected chi connectivity index (χ0v) is 16.6. The molecule has 0 aliphatic carbocycles. The molecular weight excluding hydrogens is 276 g/mol. The molecule has 2 nitrogen and oxygen atoms in total. The molecular formula is C18H30O2Si. The minimum absolute atomic E-state index is 0.156. The average molecular weight is 307 g/mol. The van der Waals surface area contributed by atoms with Gasteiger partial charge in [0.2, 0.25) is 0 Å². The Morgan fingerprint density at radius 3 is 1.86 bits per heavy atom. The van der Waals surface area contributed by atoms with E-state index in [0.717, 1.165) is 39.8 Å². The van der Waals surface area contributed by atoms with Crippen molar-refractivity contribution in [3.05, 3.63) is 41.3 Å². The quantitative estimate of drug-likeness (QED) is 0.558. The van der Waals surface area contributed by atoms with Crippen molar-refractivity contribution in [2.75, 3.05) is 0 Å². The molecule has 0 fully saturated rings. The van der Waals surface area contributed by atoms with Crippen molar-refractivity contribution in [1.82, 2.24) is 0 Å². The molecule has 0 heterocycles. The fourth-order valence-corrected chi connectivity index (χ4v) is 2.75. The second kappa shape index (κ2) is 7.17. The predicted molar refractivity (Wildman–Crippen MR) is 94.2 cm³/mol. The third-order valence-electron chi connectivity index (χ3n) is 3.87. The van der Waals surface area contributed by atoms with Gasteiger partial charge in [0, 0.05) is 5.56 Å². The molecule has 0 aliphatic rings. The van der Waals surface area contributed by atoms with Gasteiger partial charge >= 0.3 is 0 Å². The van der Waals surface area contributed by atoms with E-state index in [1.165, 1.54) is 0 Å². The first-order valence-electron chi connectivity index (χ1n) is 7.85. The molecule has 1 aromatic carbocycles. The fourth-order valence-electron chi connectivity index (χ4n) is 1.80. The Kier molecular flexibility index (Phi) is 6.08.